The van der Waals surface area contributed by atoms with E-state index >= 15 is 0 Å². The molecule has 2 fully saturated rings. The molecule has 4 heterocycles. The summed E-state index contributed by atoms with van der Waals surface area (Å²) < 4.78 is 6.07. The van der Waals surface area contributed by atoms with Crippen molar-refractivity contribution in [2.24, 2.45) is 5.92 Å². The summed E-state index contributed by atoms with van der Waals surface area (Å²) in [5, 5.41) is 20.8. The third-order valence-electron chi connectivity index (χ3n) is 9.82. The van der Waals surface area contributed by atoms with Gasteiger partial charge in [-0.25, -0.2) is 9.97 Å². The normalized spacial score (nSPS) is 17.3. The molecule has 0 bridgehead atoms. The number of H-pyrrole nitrogens is 1. The molecule has 9 nitrogen and oxygen atoms in total. The van der Waals surface area contributed by atoms with Gasteiger partial charge in [-0.1, -0.05) is 42.5 Å². The van der Waals surface area contributed by atoms with E-state index in [1.54, 1.807) is 4.90 Å². The van der Waals surface area contributed by atoms with Gasteiger partial charge in [0.2, 0.25) is 0 Å². The number of aromatic amines is 1. The molecule has 3 aliphatic rings. The van der Waals surface area contributed by atoms with E-state index < -0.39 is 0 Å². The van der Waals surface area contributed by atoms with E-state index in [0.717, 1.165) is 54.7 Å². The van der Waals surface area contributed by atoms with E-state index in [0.29, 0.717) is 53.0 Å². The molecule has 47 heavy (non-hydrogen) atoms. The molecule has 0 radical (unpaired) electrons. The molecule has 9 heteroatoms. The van der Waals surface area contributed by atoms with Crippen LogP contribution in [0.3, 0.4) is 0 Å². The number of anilines is 1. The summed E-state index contributed by atoms with van der Waals surface area (Å²) in [5.41, 5.74) is 8.38. The van der Waals surface area contributed by atoms with Gasteiger partial charge in [-0.05, 0) is 85.6 Å². The Bertz CT molecular complexity index is 2000. The highest BCUT2D eigenvalue weighted by Crippen LogP contribution is 2.43. The topological polar surface area (TPSA) is 118 Å². The lowest BCUT2D eigenvalue weighted by Gasteiger charge is -2.29. The first-order chi connectivity index (χ1) is 23.1. The SMILES string of the molecule is N#CC1CCN(Cc2ccc(-c3cc4c(-c5cccc(N6CCOc7cc(C8CC8)ccc7C6=O)c5CO)ncnc4[nH]3)cc2)CC1. The fourth-order valence-electron chi connectivity index (χ4n) is 7.02. The molecule has 236 valence electrons. The molecular formula is C38H36N6O3. The minimum Gasteiger partial charge on any atom is -0.491 e. The molecular weight excluding hydrogens is 588 g/mol. The van der Waals surface area contributed by atoms with Crippen LogP contribution in [0.1, 0.15) is 58.6 Å². The predicted octanol–water partition coefficient (Wildman–Crippen LogP) is 6.44. The number of ether oxygens (including phenoxy) is 1. The number of aliphatic hydroxyl groups excluding tert-OH is 1. The highest BCUT2D eigenvalue weighted by atomic mass is 16.5. The minimum atomic E-state index is -0.262. The zero-order valence-corrected chi connectivity index (χ0v) is 26.2. The van der Waals surface area contributed by atoms with Crippen molar-refractivity contribution in [3.63, 3.8) is 0 Å². The molecule has 8 rings (SSSR count). The quantitative estimate of drug-likeness (QED) is 0.214. The van der Waals surface area contributed by atoms with Gasteiger partial charge >= 0.3 is 0 Å². The lowest BCUT2D eigenvalue weighted by molar-refractivity contribution is 0.0989. The van der Waals surface area contributed by atoms with Crippen LogP contribution >= 0.6 is 0 Å². The van der Waals surface area contributed by atoms with Crippen LogP contribution in [0, 0.1) is 17.2 Å². The lowest BCUT2D eigenvalue weighted by atomic mass is 9.98. The van der Waals surface area contributed by atoms with Crippen molar-refractivity contribution in [2.45, 2.75) is 44.8 Å². The Hall–Kier alpha value is -5.04. The van der Waals surface area contributed by atoms with E-state index in [2.05, 4.69) is 56.3 Å². The average Bonchev–Trinajstić information content (AvgIpc) is 3.90. The van der Waals surface area contributed by atoms with E-state index in [-0.39, 0.29) is 18.4 Å². The summed E-state index contributed by atoms with van der Waals surface area (Å²) in [7, 11) is 0. The van der Waals surface area contributed by atoms with Gasteiger partial charge in [-0.15, -0.1) is 0 Å². The van der Waals surface area contributed by atoms with Gasteiger partial charge < -0.3 is 19.7 Å². The van der Waals surface area contributed by atoms with E-state index in [4.69, 9.17) is 4.74 Å². The Morgan fingerprint density at radius 1 is 0.957 bits per heavy atom. The van der Waals surface area contributed by atoms with Gasteiger partial charge in [0.15, 0.2) is 0 Å². The van der Waals surface area contributed by atoms with Gasteiger partial charge in [-0.3, -0.25) is 9.69 Å². The van der Waals surface area contributed by atoms with Crippen molar-refractivity contribution in [1.82, 2.24) is 19.9 Å². The summed E-state index contributed by atoms with van der Waals surface area (Å²) in [6.45, 7) is 3.24. The van der Waals surface area contributed by atoms with Crippen LogP contribution in [0.4, 0.5) is 5.69 Å². The van der Waals surface area contributed by atoms with Crippen molar-refractivity contribution in [3.05, 3.63) is 95.3 Å². The third-order valence-corrected chi connectivity index (χ3v) is 9.82. The first-order valence-corrected chi connectivity index (χ1v) is 16.5. The van der Waals surface area contributed by atoms with Crippen LogP contribution in [-0.4, -0.2) is 57.1 Å². The summed E-state index contributed by atoms with van der Waals surface area (Å²) in [6.07, 6.45) is 5.77. The molecule has 5 aromatic rings. The second-order valence-corrected chi connectivity index (χ2v) is 12.8. The lowest BCUT2D eigenvalue weighted by Crippen LogP contribution is -2.33. The maximum absolute atomic E-state index is 13.9. The molecule has 2 aliphatic heterocycles. The van der Waals surface area contributed by atoms with Gasteiger partial charge in [0.1, 0.15) is 24.3 Å². The predicted molar refractivity (Wildman–Crippen MR) is 180 cm³/mol. The maximum atomic E-state index is 13.9. The maximum Gasteiger partial charge on any atom is 0.262 e. The Kier molecular flexibility index (Phi) is 7.68. The number of amides is 1. The number of hydrogen-bond donors (Lipinski definition) is 2. The first-order valence-electron chi connectivity index (χ1n) is 16.5. The molecule has 1 saturated heterocycles. The number of benzene rings is 3. The number of fused-ring (bicyclic) bond motifs is 2. The number of hydrogen-bond acceptors (Lipinski definition) is 7. The van der Waals surface area contributed by atoms with E-state index in [1.165, 1.54) is 30.3 Å². The number of nitrogens with one attached hydrogen (secondary N) is 1. The largest absolute Gasteiger partial charge is 0.491 e. The van der Waals surface area contributed by atoms with Gasteiger partial charge in [0.05, 0.1) is 36.2 Å². The average molecular weight is 625 g/mol. The fraction of sp³-hybridized carbons (Fsp3) is 0.316. The summed E-state index contributed by atoms with van der Waals surface area (Å²) in [6, 6.07) is 24.7. The molecule has 1 saturated carbocycles. The second-order valence-electron chi connectivity index (χ2n) is 12.8. The standard InChI is InChI=1S/C38H36N6O3/c39-20-24-12-14-43(15-13-24)21-25-4-6-27(7-5-25)33-19-31-36(40-23-41-37(31)42-33)29-2-1-3-34(32(29)22-45)44-16-17-47-35-18-28(26-8-9-26)10-11-30(35)38(44)46/h1-7,10-11,18-19,23-24,26,45H,8-9,12-17,21-22H2,(H,40,41,42). The van der Waals surface area contributed by atoms with Crippen LogP contribution in [0.5, 0.6) is 5.75 Å². The van der Waals surface area contributed by atoms with Crippen LogP contribution in [0.25, 0.3) is 33.5 Å². The summed E-state index contributed by atoms with van der Waals surface area (Å²) in [5.74, 6) is 1.25. The van der Waals surface area contributed by atoms with Crippen molar-refractivity contribution in [3.8, 4) is 34.3 Å². The molecule has 3 aromatic carbocycles. The van der Waals surface area contributed by atoms with Gasteiger partial charge in [0, 0.05) is 34.7 Å². The van der Waals surface area contributed by atoms with Gasteiger partial charge in [0.25, 0.3) is 5.91 Å². The smallest absolute Gasteiger partial charge is 0.262 e. The zero-order valence-electron chi connectivity index (χ0n) is 26.2. The zero-order chi connectivity index (χ0) is 31.9. The number of piperidine rings is 1. The van der Waals surface area contributed by atoms with Gasteiger partial charge in [-0.2, -0.15) is 5.26 Å². The summed E-state index contributed by atoms with van der Waals surface area (Å²) >= 11 is 0. The molecule has 2 aromatic heterocycles. The monoisotopic (exact) mass is 624 g/mol. The van der Waals surface area contributed by atoms with Crippen molar-refractivity contribution in [1.29, 1.82) is 5.26 Å². The first kappa shape index (κ1) is 29.4. The number of nitrogens with zero attached hydrogens (tertiary/aromatic N) is 5. The Balaban J connectivity index is 1.08. The Morgan fingerprint density at radius 2 is 1.79 bits per heavy atom. The third kappa shape index (κ3) is 5.64. The Labute approximate surface area is 273 Å². The minimum absolute atomic E-state index is 0.140. The van der Waals surface area contributed by atoms with Crippen LogP contribution in [-0.2, 0) is 13.2 Å². The highest BCUT2D eigenvalue weighted by molar-refractivity contribution is 6.09. The number of nitriles is 1. The number of likely N-dealkylation sites (tertiary alicyclic amines) is 1. The number of carbonyl (C=O) groups is 1. The molecule has 2 N–H and O–H groups in total. The number of rotatable bonds is 7. The molecule has 1 aliphatic carbocycles. The number of carbonyl (C=O) groups excluding carboxylic acids is 1. The molecule has 0 unspecified atom stereocenters. The van der Waals surface area contributed by atoms with E-state index in [1.807, 2.05) is 36.4 Å². The Morgan fingerprint density at radius 3 is 2.55 bits per heavy atom. The summed E-state index contributed by atoms with van der Waals surface area (Å²) in [4.78, 5) is 30.7. The fourth-order valence-corrected chi connectivity index (χ4v) is 7.02. The molecule has 1 amide bonds. The van der Waals surface area contributed by atoms with Crippen LogP contribution in [0.15, 0.2) is 73.1 Å². The van der Waals surface area contributed by atoms with Crippen molar-refractivity contribution in [2.75, 3.05) is 31.1 Å². The molecule has 0 spiro atoms. The second kappa shape index (κ2) is 12.3. The number of aliphatic hydroxyl groups is 1. The van der Waals surface area contributed by atoms with E-state index in [9.17, 15) is 15.2 Å². The highest BCUT2D eigenvalue weighted by Gasteiger charge is 2.30. The van der Waals surface area contributed by atoms with Crippen LogP contribution < -0.4 is 9.64 Å². The number of aromatic nitrogens is 3. The molecule has 0 atom stereocenters. The van der Waals surface area contributed by atoms with Crippen molar-refractivity contribution >= 4 is 22.6 Å². The van der Waals surface area contributed by atoms with Crippen molar-refractivity contribution < 1.29 is 14.6 Å². The van der Waals surface area contributed by atoms with Crippen LogP contribution in [0.2, 0.25) is 0 Å².